The summed E-state index contributed by atoms with van der Waals surface area (Å²) in [5, 5.41) is 4.19. The molecule has 0 aromatic heterocycles. The first-order valence-corrected chi connectivity index (χ1v) is 11.5. The van der Waals surface area contributed by atoms with Crippen LogP contribution in [0.15, 0.2) is 77.9 Å². The monoisotopic (exact) mass is 456 g/mol. The van der Waals surface area contributed by atoms with Crippen molar-refractivity contribution in [2.24, 2.45) is 11.0 Å². The van der Waals surface area contributed by atoms with Gasteiger partial charge in [0.15, 0.2) is 11.5 Å². The molecule has 1 saturated heterocycles. The second kappa shape index (κ2) is 10.1. The number of hydrazone groups is 1. The van der Waals surface area contributed by atoms with Crippen LogP contribution in [0.25, 0.3) is 0 Å². The van der Waals surface area contributed by atoms with Gasteiger partial charge in [-0.15, -0.1) is 0 Å². The van der Waals surface area contributed by atoms with Crippen molar-refractivity contribution < 1.29 is 14.3 Å². The molecule has 0 radical (unpaired) electrons. The molecule has 1 heterocycles. The van der Waals surface area contributed by atoms with Crippen LogP contribution in [-0.4, -0.2) is 25.3 Å². The van der Waals surface area contributed by atoms with Gasteiger partial charge in [0.2, 0.25) is 0 Å². The third kappa shape index (κ3) is 4.66. The van der Waals surface area contributed by atoms with Gasteiger partial charge in [0.25, 0.3) is 5.91 Å². The van der Waals surface area contributed by atoms with Crippen LogP contribution in [0.3, 0.4) is 0 Å². The highest BCUT2D eigenvalue weighted by Gasteiger charge is 2.43. The number of ether oxygens (including phenoxy) is 2. The van der Waals surface area contributed by atoms with Crippen LogP contribution in [0.2, 0.25) is 0 Å². The average Bonchev–Trinajstić information content (AvgIpc) is 3.33. The molecule has 5 rings (SSSR count). The maximum Gasteiger partial charge on any atom is 0.258 e. The molecule has 1 fully saturated rings. The molecular formula is C27H28N4O3. The summed E-state index contributed by atoms with van der Waals surface area (Å²) in [6.45, 7) is 0.431. The predicted molar refractivity (Wildman–Crippen MR) is 131 cm³/mol. The molecule has 0 spiro atoms. The van der Waals surface area contributed by atoms with Gasteiger partial charge >= 0.3 is 0 Å². The maximum atomic E-state index is 12.9. The van der Waals surface area contributed by atoms with Gasteiger partial charge in [0.05, 0.1) is 19.4 Å². The lowest BCUT2D eigenvalue weighted by atomic mass is 9.77. The Bertz CT molecular complexity index is 1180. The number of hydrazine groups is 1. The minimum absolute atomic E-state index is 0.135. The summed E-state index contributed by atoms with van der Waals surface area (Å²) in [6, 6.07) is 23.7. The highest BCUT2D eigenvalue weighted by atomic mass is 16.5. The summed E-state index contributed by atoms with van der Waals surface area (Å²) in [7, 11) is 1.61. The lowest BCUT2D eigenvalue weighted by Gasteiger charge is -2.29. The van der Waals surface area contributed by atoms with E-state index in [0.717, 1.165) is 24.0 Å². The fraction of sp³-hybridized carbons (Fsp3) is 0.259. The molecule has 3 unspecified atom stereocenters. The van der Waals surface area contributed by atoms with E-state index in [1.807, 2.05) is 54.6 Å². The van der Waals surface area contributed by atoms with E-state index in [1.54, 1.807) is 13.3 Å². The normalized spacial score (nSPS) is 21.0. The third-order valence-corrected chi connectivity index (χ3v) is 6.48. The first kappa shape index (κ1) is 22.1. The van der Waals surface area contributed by atoms with Crippen LogP contribution in [0.4, 0.5) is 0 Å². The van der Waals surface area contributed by atoms with E-state index in [2.05, 4.69) is 39.6 Å². The second-order valence-electron chi connectivity index (χ2n) is 8.56. The SMILES string of the molecule is COc1ccc(/C=N/NC(=O)C2NNC3c4ccccc4CCC23)cc1OCc1ccccc1. The molecule has 0 bridgehead atoms. The smallest absolute Gasteiger partial charge is 0.258 e. The Morgan fingerprint density at radius 1 is 1.06 bits per heavy atom. The molecule has 3 aromatic carbocycles. The van der Waals surface area contributed by atoms with E-state index in [1.165, 1.54) is 11.1 Å². The van der Waals surface area contributed by atoms with E-state index in [4.69, 9.17) is 9.47 Å². The number of nitrogens with one attached hydrogen (secondary N) is 3. The van der Waals surface area contributed by atoms with Crippen LogP contribution in [0, 0.1) is 5.92 Å². The zero-order valence-corrected chi connectivity index (χ0v) is 19.0. The van der Waals surface area contributed by atoms with Crippen molar-refractivity contribution in [3.05, 3.63) is 95.1 Å². The Labute approximate surface area is 199 Å². The zero-order valence-electron chi connectivity index (χ0n) is 19.0. The van der Waals surface area contributed by atoms with Crippen molar-refractivity contribution in [3.63, 3.8) is 0 Å². The predicted octanol–water partition coefficient (Wildman–Crippen LogP) is 3.50. The van der Waals surface area contributed by atoms with Crippen LogP contribution < -0.4 is 25.8 Å². The van der Waals surface area contributed by atoms with Crippen LogP contribution in [0.1, 0.15) is 34.7 Å². The van der Waals surface area contributed by atoms with Crippen molar-refractivity contribution in [1.29, 1.82) is 0 Å². The molecule has 34 heavy (non-hydrogen) atoms. The molecule has 2 aliphatic rings. The fourth-order valence-electron chi connectivity index (χ4n) is 4.74. The van der Waals surface area contributed by atoms with E-state index < -0.39 is 0 Å². The molecule has 7 nitrogen and oxygen atoms in total. The van der Waals surface area contributed by atoms with Gasteiger partial charge in [-0.05, 0) is 53.3 Å². The van der Waals surface area contributed by atoms with Crippen molar-refractivity contribution in [3.8, 4) is 11.5 Å². The number of hydrogen-bond acceptors (Lipinski definition) is 6. The Morgan fingerprint density at radius 2 is 1.88 bits per heavy atom. The summed E-state index contributed by atoms with van der Waals surface area (Å²) in [5.74, 6) is 1.29. The number of aryl methyl sites for hydroxylation is 1. The van der Waals surface area contributed by atoms with E-state index in [-0.39, 0.29) is 23.9 Å². The third-order valence-electron chi connectivity index (χ3n) is 6.48. The molecule has 1 aliphatic heterocycles. The first-order valence-electron chi connectivity index (χ1n) is 11.5. The van der Waals surface area contributed by atoms with Gasteiger partial charge in [0.1, 0.15) is 12.6 Å². The van der Waals surface area contributed by atoms with Crippen molar-refractivity contribution >= 4 is 12.1 Å². The molecule has 3 aromatic rings. The van der Waals surface area contributed by atoms with Crippen LogP contribution in [-0.2, 0) is 17.8 Å². The summed E-state index contributed by atoms with van der Waals surface area (Å²) < 4.78 is 11.4. The summed E-state index contributed by atoms with van der Waals surface area (Å²) >= 11 is 0. The number of hydrogen-bond donors (Lipinski definition) is 3. The Balaban J connectivity index is 1.21. The van der Waals surface area contributed by atoms with Crippen molar-refractivity contribution in [2.75, 3.05) is 7.11 Å². The molecule has 7 heteroatoms. The Kier molecular flexibility index (Phi) is 6.56. The molecule has 174 valence electrons. The van der Waals surface area contributed by atoms with Crippen LogP contribution >= 0.6 is 0 Å². The number of amides is 1. The highest BCUT2D eigenvalue weighted by Crippen LogP contribution is 2.38. The van der Waals surface area contributed by atoms with Gasteiger partial charge in [0, 0.05) is 5.92 Å². The summed E-state index contributed by atoms with van der Waals surface area (Å²) in [5.41, 5.74) is 13.7. The number of rotatable bonds is 7. The largest absolute Gasteiger partial charge is 0.493 e. The second-order valence-corrected chi connectivity index (χ2v) is 8.56. The van der Waals surface area contributed by atoms with Gasteiger partial charge in [-0.1, -0.05) is 54.6 Å². The fourth-order valence-corrected chi connectivity index (χ4v) is 4.74. The number of methoxy groups -OCH3 is 1. The lowest BCUT2D eigenvalue weighted by Crippen LogP contribution is -2.44. The average molecular weight is 457 g/mol. The lowest BCUT2D eigenvalue weighted by molar-refractivity contribution is -0.123. The van der Waals surface area contributed by atoms with Crippen molar-refractivity contribution in [2.45, 2.75) is 31.5 Å². The molecular weight excluding hydrogens is 428 g/mol. The Hall–Kier alpha value is -3.68. The molecule has 1 amide bonds. The van der Waals surface area contributed by atoms with E-state index in [9.17, 15) is 4.79 Å². The molecule has 1 aliphatic carbocycles. The maximum absolute atomic E-state index is 12.9. The van der Waals surface area contributed by atoms with E-state index >= 15 is 0 Å². The van der Waals surface area contributed by atoms with E-state index in [0.29, 0.717) is 18.1 Å². The zero-order chi connectivity index (χ0) is 23.3. The van der Waals surface area contributed by atoms with Gasteiger partial charge < -0.3 is 9.47 Å². The van der Waals surface area contributed by atoms with Crippen LogP contribution in [0.5, 0.6) is 11.5 Å². The topological polar surface area (TPSA) is 84.0 Å². The van der Waals surface area contributed by atoms with Gasteiger partial charge in [-0.25, -0.2) is 16.3 Å². The summed E-state index contributed by atoms with van der Waals surface area (Å²) in [6.07, 6.45) is 3.54. The standard InChI is InChI=1S/C27H28N4O3/c1-33-23-14-11-19(15-24(23)34-17-18-7-3-2-4-8-18)16-28-31-27(32)26-22-13-12-20-9-5-6-10-21(20)25(22)29-30-26/h2-11,14-16,22,25-26,29-30H,12-13,17H2,1H3,(H,31,32)/b28-16+. The number of carbonyl (C=O) groups excluding carboxylic acids is 1. The van der Waals surface area contributed by atoms with Gasteiger partial charge in [-0.2, -0.15) is 5.10 Å². The number of benzene rings is 3. The number of nitrogens with zero attached hydrogens (tertiary/aromatic N) is 1. The molecule has 3 N–H and O–H groups in total. The number of fused-ring (bicyclic) bond motifs is 3. The minimum atomic E-state index is -0.337. The minimum Gasteiger partial charge on any atom is -0.493 e. The Morgan fingerprint density at radius 3 is 2.74 bits per heavy atom. The quantitative estimate of drug-likeness (QED) is 0.374. The molecule has 3 atom stereocenters. The molecule has 0 saturated carbocycles. The summed E-state index contributed by atoms with van der Waals surface area (Å²) in [4.78, 5) is 12.9. The van der Waals surface area contributed by atoms with Gasteiger partial charge in [-0.3, -0.25) is 4.79 Å². The first-order chi connectivity index (χ1) is 16.7. The highest BCUT2D eigenvalue weighted by molar-refractivity contribution is 5.86. The van der Waals surface area contributed by atoms with Crippen molar-refractivity contribution in [1.82, 2.24) is 16.3 Å². The number of carbonyl (C=O) groups is 1.